The molecule has 7 heteroatoms. The van der Waals surface area contributed by atoms with Gasteiger partial charge in [-0.2, -0.15) is 0 Å². The van der Waals surface area contributed by atoms with Gasteiger partial charge in [-0.25, -0.2) is 9.97 Å². The summed E-state index contributed by atoms with van der Waals surface area (Å²) in [6.45, 7) is 5.81. The van der Waals surface area contributed by atoms with E-state index in [1.807, 2.05) is 42.5 Å². The molecule has 0 atom stereocenters. The topological polar surface area (TPSA) is 93.5 Å². The van der Waals surface area contributed by atoms with Crippen LogP contribution < -0.4 is 4.90 Å². The fourth-order valence-corrected chi connectivity index (χ4v) is 4.56. The number of hydrogen-bond acceptors (Lipinski definition) is 4. The molecule has 0 unspecified atom stereocenters. The number of anilines is 1. The molecule has 0 aliphatic heterocycles. The minimum Gasteiger partial charge on any atom is -0.360 e. The predicted molar refractivity (Wildman–Crippen MR) is 129 cm³/mol. The van der Waals surface area contributed by atoms with Crippen LogP contribution in [0.1, 0.15) is 29.9 Å². The highest BCUT2D eigenvalue weighted by Gasteiger charge is 2.24. The van der Waals surface area contributed by atoms with E-state index in [-0.39, 0.29) is 5.78 Å². The molecule has 0 saturated heterocycles. The Hall–Kier alpha value is -4.13. The molecule has 32 heavy (non-hydrogen) atoms. The van der Waals surface area contributed by atoms with E-state index in [1.165, 1.54) is 0 Å². The summed E-state index contributed by atoms with van der Waals surface area (Å²) in [5, 5.41) is 2.86. The molecule has 4 aromatic heterocycles. The predicted octanol–water partition coefficient (Wildman–Crippen LogP) is 5.15. The Morgan fingerprint density at radius 2 is 1.62 bits per heavy atom. The van der Waals surface area contributed by atoms with Crippen LogP contribution in [0.3, 0.4) is 0 Å². The van der Waals surface area contributed by atoms with Crippen LogP contribution in [0, 0.1) is 0 Å². The van der Waals surface area contributed by atoms with E-state index in [4.69, 9.17) is 9.97 Å². The largest absolute Gasteiger partial charge is 0.360 e. The number of aromatic amines is 3. The lowest BCUT2D eigenvalue weighted by Gasteiger charge is -2.16. The molecule has 0 saturated carbocycles. The van der Waals surface area contributed by atoms with Crippen LogP contribution in [0.2, 0.25) is 0 Å². The summed E-state index contributed by atoms with van der Waals surface area (Å²) in [4.78, 5) is 35.6. The maximum absolute atomic E-state index is 13.8. The van der Waals surface area contributed by atoms with Crippen molar-refractivity contribution >= 4 is 55.6 Å². The van der Waals surface area contributed by atoms with Crippen molar-refractivity contribution in [3.63, 3.8) is 0 Å². The number of para-hydroxylation sites is 2. The molecule has 0 amide bonds. The average molecular weight is 422 g/mol. The number of hydrogen-bond donors (Lipinski definition) is 3. The number of carbonyl (C=O) groups excluding carboxylic acids is 1. The molecule has 6 aromatic rings. The molecule has 0 bridgehead atoms. The highest BCUT2D eigenvalue weighted by atomic mass is 16.1. The lowest BCUT2D eigenvalue weighted by atomic mass is 10.0. The fraction of sp³-hybridized carbons (Fsp3) is 0.160. The maximum atomic E-state index is 13.8. The van der Waals surface area contributed by atoms with Gasteiger partial charge in [-0.05, 0) is 26.0 Å². The summed E-state index contributed by atoms with van der Waals surface area (Å²) < 4.78 is 0. The minimum absolute atomic E-state index is 0.136. The molecule has 2 aromatic carbocycles. The summed E-state index contributed by atoms with van der Waals surface area (Å²) in [7, 11) is 0. The lowest BCUT2D eigenvalue weighted by Crippen LogP contribution is -2.22. The van der Waals surface area contributed by atoms with Crippen molar-refractivity contribution in [3.8, 4) is 0 Å². The molecule has 6 rings (SSSR count). The number of fused-ring (bicyclic) bond motifs is 6. The number of nitrogens with zero attached hydrogens (tertiary/aromatic N) is 3. The minimum atomic E-state index is -0.136. The number of carbonyl (C=O) groups is 1. The number of ketones is 1. The smallest absolute Gasteiger partial charge is 0.215 e. The lowest BCUT2D eigenvalue weighted by molar-refractivity contribution is 0.103. The van der Waals surface area contributed by atoms with E-state index in [2.05, 4.69) is 39.8 Å². The van der Waals surface area contributed by atoms with Crippen molar-refractivity contribution in [3.05, 3.63) is 66.0 Å². The SMILES string of the molecule is CCN(CC)c1nc2c([nH]1)c(C(=O)c1c[nH]c3ccccc13)nc1[nH]c3ccccc3c12. The van der Waals surface area contributed by atoms with Crippen molar-refractivity contribution in [1.82, 2.24) is 24.9 Å². The summed E-state index contributed by atoms with van der Waals surface area (Å²) >= 11 is 0. The number of nitrogens with one attached hydrogen (secondary N) is 3. The van der Waals surface area contributed by atoms with Crippen LogP contribution in [-0.4, -0.2) is 43.8 Å². The second kappa shape index (κ2) is 6.95. The Morgan fingerprint density at radius 1 is 0.906 bits per heavy atom. The second-order valence-corrected chi connectivity index (χ2v) is 7.89. The highest BCUT2D eigenvalue weighted by molar-refractivity contribution is 6.25. The van der Waals surface area contributed by atoms with Gasteiger partial charge in [-0.15, -0.1) is 0 Å². The normalized spacial score (nSPS) is 11.8. The highest BCUT2D eigenvalue weighted by Crippen LogP contribution is 2.34. The summed E-state index contributed by atoms with van der Waals surface area (Å²) in [6.07, 6.45) is 1.76. The number of benzene rings is 2. The zero-order valence-electron chi connectivity index (χ0n) is 17.9. The molecule has 7 nitrogen and oxygen atoms in total. The third kappa shape index (κ3) is 2.57. The van der Waals surface area contributed by atoms with Gasteiger partial charge in [-0.1, -0.05) is 36.4 Å². The van der Waals surface area contributed by atoms with Gasteiger partial charge in [0.2, 0.25) is 11.7 Å². The zero-order chi connectivity index (χ0) is 21.8. The third-order valence-electron chi connectivity index (χ3n) is 6.19. The van der Waals surface area contributed by atoms with Crippen LogP contribution in [0.15, 0.2) is 54.7 Å². The van der Waals surface area contributed by atoms with Crippen LogP contribution in [0.5, 0.6) is 0 Å². The van der Waals surface area contributed by atoms with Crippen molar-refractivity contribution in [2.24, 2.45) is 0 Å². The van der Waals surface area contributed by atoms with Gasteiger partial charge < -0.3 is 19.9 Å². The monoisotopic (exact) mass is 422 g/mol. The second-order valence-electron chi connectivity index (χ2n) is 7.89. The summed E-state index contributed by atoms with van der Waals surface area (Å²) in [5.74, 6) is 0.611. The third-order valence-corrected chi connectivity index (χ3v) is 6.19. The van der Waals surface area contributed by atoms with Crippen molar-refractivity contribution in [1.29, 1.82) is 0 Å². The molecule has 0 fully saturated rings. The first-order valence-corrected chi connectivity index (χ1v) is 10.9. The number of imidazole rings is 1. The molecule has 0 aliphatic rings. The van der Waals surface area contributed by atoms with E-state index in [0.29, 0.717) is 22.4 Å². The van der Waals surface area contributed by atoms with E-state index >= 15 is 0 Å². The van der Waals surface area contributed by atoms with Crippen LogP contribution in [-0.2, 0) is 0 Å². The first-order valence-electron chi connectivity index (χ1n) is 10.9. The molecule has 158 valence electrons. The Bertz CT molecular complexity index is 1630. The van der Waals surface area contributed by atoms with E-state index in [1.54, 1.807) is 6.20 Å². The summed E-state index contributed by atoms with van der Waals surface area (Å²) in [6, 6.07) is 15.9. The fourth-order valence-electron chi connectivity index (χ4n) is 4.56. The first-order chi connectivity index (χ1) is 15.7. The quantitative estimate of drug-likeness (QED) is 0.335. The molecule has 4 heterocycles. The van der Waals surface area contributed by atoms with Gasteiger partial charge in [0.05, 0.1) is 10.9 Å². The number of rotatable bonds is 5. The van der Waals surface area contributed by atoms with Crippen LogP contribution in [0.4, 0.5) is 5.95 Å². The molecule has 3 N–H and O–H groups in total. The Balaban J connectivity index is 1.68. The van der Waals surface area contributed by atoms with E-state index in [0.717, 1.165) is 51.7 Å². The number of H-pyrrole nitrogens is 3. The van der Waals surface area contributed by atoms with Gasteiger partial charge in [0.1, 0.15) is 16.9 Å². The molecule has 0 aliphatic carbocycles. The van der Waals surface area contributed by atoms with Crippen molar-refractivity contribution < 1.29 is 4.79 Å². The van der Waals surface area contributed by atoms with Gasteiger partial charge in [0, 0.05) is 46.7 Å². The molecule has 0 spiro atoms. The van der Waals surface area contributed by atoms with E-state index < -0.39 is 0 Å². The van der Waals surface area contributed by atoms with Gasteiger partial charge in [-0.3, -0.25) is 4.79 Å². The Morgan fingerprint density at radius 3 is 2.41 bits per heavy atom. The number of aromatic nitrogens is 5. The number of pyridine rings is 1. The van der Waals surface area contributed by atoms with Gasteiger partial charge in [0.25, 0.3) is 0 Å². The van der Waals surface area contributed by atoms with Crippen LogP contribution in [0.25, 0.3) is 43.9 Å². The molecular formula is C25H22N6O. The molecule has 0 radical (unpaired) electrons. The van der Waals surface area contributed by atoms with Crippen molar-refractivity contribution in [2.75, 3.05) is 18.0 Å². The maximum Gasteiger partial charge on any atom is 0.215 e. The zero-order valence-corrected chi connectivity index (χ0v) is 17.9. The van der Waals surface area contributed by atoms with Crippen LogP contribution >= 0.6 is 0 Å². The average Bonchev–Trinajstić information content (AvgIpc) is 3.53. The Kier molecular flexibility index (Phi) is 4.04. The Labute approximate surface area is 183 Å². The van der Waals surface area contributed by atoms with E-state index in [9.17, 15) is 4.79 Å². The summed E-state index contributed by atoms with van der Waals surface area (Å²) in [5.41, 5.74) is 4.96. The van der Waals surface area contributed by atoms with Gasteiger partial charge >= 0.3 is 0 Å². The van der Waals surface area contributed by atoms with Crippen molar-refractivity contribution in [2.45, 2.75) is 13.8 Å². The standard InChI is InChI=1S/C25H22N6O/c1-3-31(4-2)25-29-20-19-15-10-6-8-12-18(15)27-24(19)28-22(21(20)30-25)23(32)16-13-26-17-11-7-5-9-14(16)17/h5-13,26H,3-4H2,1-2H3,(H,27,28)(H,29,30). The molecular weight excluding hydrogens is 400 g/mol. The first kappa shape index (κ1) is 18.6. The van der Waals surface area contributed by atoms with Gasteiger partial charge in [0.15, 0.2) is 0 Å².